The summed E-state index contributed by atoms with van der Waals surface area (Å²) in [5.74, 6) is 0.297. The number of anilines is 1. The predicted molar refractivity (Wildman–Crippen MR) is 92.1 cm³/mol. The monoisotopic (exact) mass is 342 g/mol. The van der Waals surface area contributed by atoms with E-state index in [0.717, 1.165) is 23.6 Å². The van der Waals surface area contributed by atoms with E-state index in [1.54, 1.807) is 11.0 Å². The van der Waals surface area contributed by atoms with E-state index in [1.165, 1.54) is 11.9 Å². The molecule has 0 fully saturated rings. The Labute approximate surface area is 143 Å². The molecule has 0 radical (unpaired) electrons. The molecule has 0 aliphatic carbocycles. The van der Waals surface area contributed by atoms with Gasteiger partial charge in [-0.15, -0.1) is 5.10 Å². The fraction of sp³-hybridized carbons (Fsp3) is 0.312. The molecule has 8 heteroatoms. The van der Waals surface area contributed by atoms with Crippen LogP contribution >= 0.6 is 11.5 Å². The minimum absolute atomic E-state index is 0.212. The molecule has 1 unspecified atom stereocenters. The number of hydrogen-bond donors (Lipinski definition) is 1. The van der Waals surface area contributed by atoms with Crippen LogP contribution in [0.2, 0.25) is 0 Å². The summed E-state index contributed by atoms with van der Waals surface area (Å²) in [6.45, 7) is 4.72. The van der Waals surface area contributed by atoms with Crippen LogP contribution in [-0.4, -0.2) is 30.3 Å². The van der Waals surface area contributed by atoms with E-state index in [0.29, 0.717) is 23.0 Å². The van der Waals surface area contributed by atoms with Crippen molar-refractivity contribution in [1.29, 1.82) is 0 Å². The highest BCUT2D eigenvalue weighted by Crippen LogP contribution is 2.21. The first-order chi connectivity index (χ1) is 11.7. The van der Waals surface area contributed by atoms with Crippen molar-refractivity contribution in [1.82, 2.24) is 24.4 Å². The van der Waals surface area contributed by atoms with Gasteiger partial charge in [-0.1, -0.05) is 30.5 Å². The van der Waals surface area contributed by atoms with Crippen LogP contribution in [-0.2, 0) is 6.54 Å². The van der Waals surface area contributed by atoms with E-state index in [9.17, 15) is 4.79 Å². The summed E-state index contributed by atoms with van der Waals surface area (Å²) in [5, 5.41) is 10.9. The number of rotatable bonds is 6. The molecule has 1 atom stereocenters. The highest BCUT2D eigenvalue weighted by atomic mass is 32.1. The average Bonchev–Trinajstić information content (AvgIpc) is 3.27. The minimum Gasteiger partial charge on any atom is -0.321 e. The smallest absolute Gasteiger partial charge is 0.269 e. The molecule has 2 heterocycles. The van der Waals surface area contributed by atoms with Crippen LogP contribution in [0.15, 0.2) is 36.9 Å². The molecule has 3 aromatic rings. The van der Waals surface area contributed by atoms with Crippen molar-refractivity contribution >= 4 is 23.1 Å². The molecule has 0 aliphatic rings. The van der Waals surface area contributed by atoms with E-state index in [1.807, 2.05) is 24.3 Å². The van der Waals surface area contributed by atoms with Crippen molar-refractivity contribution in [3.63, 3.8) is 0 Å². The Balaban J connectivity index is 1.70. The molecular weight excluding hydrogens is 324 g/mol. The molecule has 2 aromatic heterocycles. The third-order valence-electron chi connectivity index (χ3n) is 3.89. The molecule has 1 amide bonds. The maximum absolute atomic E-state index is 12.5. The highest BCUT2D eigenvalue weighted by Gasteiger charge is 2.17. The molecule has 0 saturated carbocycles. The molecule has 0 aliphatic heterocycles. The van der Waals surface area contributed by atoms with Crippen molar-refractivity contribution in [2.75, 3.05) is 5.32 Å². The molecule has 3 rings (SSSR count). The van der Waals surface area contributed by atoms with E-state index in [4.69, 9.17) is 0 Å². The summed E-state index contributed by atoms with van der Waals surface area (Å²) in [7, 11) is 0. The number of nitrogens with one attached hydrogen (secondary N) is 1. The van der Waals surface area contributed by atoms with Crippen molar-refractivity contribution < 1.29 is 4.79 Å². The average molecular weight is 342 g/mol. The SMILES string of the molecule is CCC(C)c1ccc(NC(=O)c2snnc2Cn2cncn2)cc1. The molecule has 0 bridgehead atoms. The van der Waals surface area contributed by atoms with Gasteiger partial charge in [-0.25, -0.2) is 9.67 Å². The third-order valence-corrected chi connectivity index (χ3v) is 4.66. The van der Waals surface area contributed by atoms with Gasteiger partial charge in [0.2, 0.25) is 0 Å². The van der Waals surface area contributed by atoms with E-state index in [2.05, 4.69) is 38.8 Å². The fourth-order valence-electron chi connectivity index (χ4n) is 2.27. The maximum Gasteiger partial charge on any atom is 0.269 e. The van der Waals surface area contributed by atoms with Gasteiger partial charge in [0, 0.05) is 5.69 Å². The number of carbonyl (C=O) groups is 1. The second-order valence-corrected chi connectivity index (χ2v) is 6.28. The molecular formula is C16H18N6OS. The van der Waals surface area contributed by atoms with Crippen molar-refractivity contribution in [3.05, 3.63) is 53.1 Å². The van der Waals surface area contributed by atoms with Crippen molar-refractivity contribution in [2.45, 2.75) is 32.7 Å². The quantitative estimate of drug-likeness (QED) is 0.744. The number of carbonyl (C=O) groups excluding carboxylic acids is 1. The molecule has 1 N–H and O–H groups in total. The van der Waals surface area contributed by atoms with Crippen molar-refractivity contribution in [2.24, 2.45) is 0 Å². The van der Waals surface area contributed by atoms with Gasteiger partial charge in [0.05, 0.1) is 6.54 Å². The standard InChI is InChI=1S/C16H18N6OS/c1-3-11(2)12-4-6-13(7-5-12)19-16(23)15-14(20-21-24-15)8-22-10-17-9-18-22/h4-7,9-11H,3,8H2,1-2H3,(H,19,23). The molecule has 0 saturated heterocycles. The lowest BCUT2D eigenvalue weighted by Gasteiger charge is -2.10. The normalized spacial score (nSPS) is 12.1. The number of amides is 1. The molecule has 0 spiro atoms. The first kappa shape index (κ1) is 16.3. The Kier molecular flexibility index (Phi) is 4.95. The summed E-state index contributed by atoms with van der Waals surface area (Å²) >= 11 is 1.08. The van der Waals surface area contributed by atoms with Gasteiger partial charge in [-0.3, -0.25) is 4.79 Å². The first-order valence-electron chi connectivity index (χ1n) is 7.72. The summed E-state index contributed by atoms with van der Waals surface area (Å²) < 4.78 is 5.49. The van der Waals surface area contributed by atoms with Crippen LogP contribution in [0.25, 0.3) is 0 Å². The summed E-state index contributed by atoms with van der Waals surface area (Å²) in [6, 6.07) is 7.94. The van der Waals surface area contributed by atoms with E-state index >= 15 is 0 Å². The Hall–Kier alpha value is -2.61. The lowest BCUT2D eigenvalue weighted by atomic mass is 9.99. The fourth-order valence-corrected chi connectivity index (χ4v) is 2.84. The van der Waals surface area contributed by atoms with Crippen LogP contribution < -0.4 is 5.32 Å². The van der Waals surface area contributed by atoms with Gasteiger partial charge < -0.3 is 5.32 Å². The van der Waals surface area contributed by atoms with Crippen LogP contribution in [0.3, 0.4) is 0 Å². The summed E-state index contributed by atoms with van der Waals surface area (Å²) in [4.78, 5) is 16.8. The molecule has 24 heavy (non-hydrogen) atoms. The van der Waals surface area contributed by atoms with Gasteiger partial charge in [-0.05, 0) is 41.6 Å². The second-order valence-electron chi connectivity index (χ2n) is 5.53. The topological polar surface area (TPSA) is 85.6 Å². The van der Waals surface area contributed by atoms with Gasteiger partial charge >= 0.3 is 0 Å². The molecule has 7 nitrogen and oxygen atoms in total. The number of benzene rings is 1. The number of nitrogens with zero attached hydrogens (tertiary/aromatic N) is 5. The first-order valence-corrected chi connectivity index (χ1v) is 8.49. The van der Waals surface area contributed by atoms with Crippen LogP contribution in [0, 0.1) is 0 Å². The predicted octanol–water partition coefficient (Wildman–Crippen LogP) is 2.94. The summed E-state index contributed by atoms with van der Waals surface area (Å²) in [6.07, 6.45) is 4.11. The maximum atomic E-state index is 12.5. The zero-order valence-corrected chi connectivity index (χ0v) is 14.3. The van der Waals surface area contributed by atoms with Gasteiger partial charge in [0.1, 0.15) is 23.2 Å². The zero-order chi connectivity index (χ0) is 16.9. The Morgan fingerprint density at radius 1 is 1.33 bits per heavy atom. The number of aromatic nitrogens is 5. The second kappa shape index (κ2) is 7.31. The Bertz CT molecular complexity index is 796. The summed E-state index contributed by atoms with van der Waals surface area (Å²) in [5.41, 5.74) is 2.60. The molecule has 1 aromatic carbocycles. The van der Waals surface area contributed by atoms with Crippen LogP contribution in [0.5, 0.6) is 0 Å². The number of hydrogen-bond acceptors (Lipinski definition) is 6. The lowest BCUT2D eigenvalue weighted by molar-refractivity contribution is 0.102. The zero-order valence-electron chi connectivity index (χ0n) is 13.5. The lowest BCUT2D eigenvalue weighted by Crippen LogP contribution is -2.14. The van der Waals surface area contributed by atoms with Gasteiger partial charge in [0.25, 0.3) is 5.91 Å². The van der Waals surface area contributed by atoms with E-state index in [-0.39, 0.29) is 5.91 Å². The third kappa shape index (κ3) is 3.65. The minimum atomic E-state index is -0.212. The van der Waals surface area contributed by atoms with Crippen LogP contribution in [0.1, 0.15) is 47.1 Å². The van der Waals surface area contributed by atoms with Crippen molar-refractivity contribution in [3.8, 4) is 0 Å². The van der Waals surface area contributed by atoms with Crippen LogP contribution in [0.4, 0.5) is 5.69 Å². The molecule has 124 valence electrons. The Morgan fingerprint density at radius 2 is 2.12 bits per heavy atom. The van der Waals surface area contributed by atoms with Gasteiger partial charge in [-0.2, -0.15) is 5.10 Å². The largest absolute Gasteiger partial charge is 0.321 e. The highest BCUT2D eigenvalue weighted by molar-refractivity contribution is 7.08. The van der Waals surface area contributed by atoms with Gasteiger partial charge in [0.15, 0.2) is 0 Å². The van der Waals surface area contributed by atoms with E-state index < -0.39 is 0 Å². The Morgan fingerprint density at radius 3 is 2.79 bits per heavy atom.